The van der Waals surface area contributed by atoms with Gasteiger partial charge >= 0.3 is 0 Å². The van der Waals surface area contributed by atoms with Gasteiger partial charge in [-0.2, -0.15) is 0 Å². The molecule has 0 bridgehead atoms. The number of rotatable bonds is 3. The van der Waals surface area contributed by atoms with Gasteiger partial charge in [-0.05, 0) is 30.7 Å². The van der Waals surface area contributed by atoms with Crippen molar-refractivity contribution in [3.8, 4) is 0 Å². The second-order valence-electron chi connectivity index (χ2n) is 3.51. The van der Waals surface area contributed by atoms with Crippen molar-refractivity contribution in [3.63, 3.8) is 0 Å². The summed E-state index contributed by atoms with van der Waals surface area (Å²) in [5.74, 6) is 1.04. The maximum Gasteiger partial charge on any atom is 0.123 e. The molecule has 0 amide bonds. The van der Waals surface area contributed by atoms with Crippen molar-refractivity contribution in [1.29, 1.82) is 0 Å². The van der Waals surface area contributed by atoms with E-state index >= 15 is 0 Å². The number of anilines is 1. The van der Waals surface area contributed by atoms with Crippen LogP contribution < -0.4 is 11.1 Å². The lowest BCUT2D eigenvalue weighted by Crippen LogP contribution is -2.07. The van der Waals surface area contributed by atoms with E-state index in [-0.39, 0.29) is 0 Å². The van der Waals surface area contributed by atoms with E-state index in [1.807, 2.05) is 13.1 Å². The molecule has 3 nitrogen and oxygen atoms in total. The van der Waals surface area contributed by atoms with Crippen LogP contribution in [-0.4, -0.2) is 12.0 Å². The summed E-state index contributed by atoms with van der Waals surface area (Å²) in [6.45, 7) is 5.07. The third kappa shape index (κ3) is 2.70. The van der Waals surface area contributed by atoms with E-state index in [4.69, 9.17) is 5.73 Å². The first-order chi connectivity index (χ1) is 6.13. The minimum atomic E-state index is 0.430. The molecule has 0 aliphatic rings. The average Bonchev–Trinajstić information content (AvgIpc) is 2.03. The second kappa shape index (κ2) is 4.23. The molecule has 3 heteroatoms. The third-order valence-corrected chi connectivity index (χ3v) is 1.90. The Hall–Kier alpha value is -1.09. The van der Waals surface area contributed by atoms with E-state index in [1.165, 1.54) is 5.56 Å². The normalized spacial score (nSPS) is 10.8. The van der Waals surface area contributed by atoms with Gasteiger partial charge in [0.1, 0.15) is 5.82 Å². The van der Waals surface area contributed by atoms with Gasteiger partial charge in [0, 0.05) is 12.2 Å². The predicted octanol–water partition coefficient (Wildman–Crippen LogP) is 1.51. The maximum atomic E-state index is 5.69. The Morgan fingerprint density at radius 3 is 2.69 bits per heavy atom. The van der Waals surface area contributed by atoms with Crippen LogP contribution >= 0.6 is 0 Å². The molecule has 0 aliphatic carbocycles. The molecule has 0 aromatic carbocycles. The van der Waals surface area contributed by atoms with E-state index in [9.17, 15) is 0 Å². The van der Waals surface area contributed by atoms with Crippen molar-refractivity contribution in [2.24, 2.45) is 0 Å². The zero-order valence-corrected chi connectivity index (χ0v) is 8.46. The number of nitrogens with one attached hydrogen (secondary N) is 1. The van der Waals surface area contributed by atoms with Crippen LogP contribution in [0.4, 0.5) is 5.82 Å². The van der Waals surface area contributed by atoms with Crippen LogP contribution in [0, 0.1) is 0 Å². The summed E-state index contributed by atoms with van der Waals surface area (Å²) in [6.07, 6.45) is 0. The van der Waals surface area contributed by atoms with Crippen molar-refractivity contribution < 1.29 is 0 Å². The summed E-state index contributed by atoms with van der Waals surface area (Å²) in [5, 5.41) is 3.09. The fourth-order valence-corrected chi connectivity index (χ4v) is 1.24. The van der Waals surface area contributed by atoms with Crippen LogP contribution in [0.2, 0.25) is 0 Å². The molecule has 0 unspecified atom stereocenters. The zero-order chi connectivity index (χ0) is 9.84. The zero-order valence-electron chi connectivity index (χ0n) is 8.46. The number of nitrogens with zero attached hydrogens (tertiary/aromatic N) is 1. The van der Waals surface area contributed by atoms with E-state index in [1.54, 1.807) is 0 Å². The van der Waals surface area contributed by atoms with Gasteiger partial charge in [0.25, 0.3) is 0 Å². The maximum absolute atomic E-state index is 5.69. The summed E-state index contributed by atoms with van der Waals surface area (Å²) >= 11 is 0. The van der Waals surface area contributed by atoms with Crippen molar-refractivity contribution >= 4 is 5.82 Å². The lowest BCUT2D eigenvalue weighted by atomic mass is 10.1. The smallest absolute Gasteiger partial charge is 0.123 e. The minimum Gasteiger partial charge on any atom is -0.384 e. The third-order valence-electron chi connectivity index (χ3n) is 1.90. The average molecular weight is 179 g/mol. The fraction of sp³-hybridized carbons (Fsp3) is 0.500. The Balaban J connectivity index is 2.96. The molecule has 1 heterocycles. The number of hydrogen-bond donors (Lipinski definition) is 2. The molecule has 0 fully saturated rings. The number of pyridine rings is 1. The number of nitrogen functional groups attached to an aromatic ring is 1. The Morgan fingerprint density at radius 1 is 1.46 bits per heavy atom. The molecular formula is C10H17N3. The molecule has 3 N–H and O–H groups in total. The highest BCUT2D eigenvalue weighted by molar-refractivity contribution is 5.35. The molecule has 0 atom stereocenters. The quantitative estimate of drug-likeness (QED) is 0.739. The largest absolute Gasteiger partial charge is 0.384 e. The van der Waals surface area contributed by atoms with Gasteiger partial charge in [0.2, 0.25) is 0 Å². The van der Waals surface area contributed by atoms with E-state index < -0.39 is 0 Å². The molecule has 0 spiro atoms. The molecule has 1 aromatic heterocycles. The fourth-order valence-electron chi connectivity index (χ4n) is 1.24. The Kier molecular flexibility index (Phi) is 3.25. The van der Waals surface area contributed by atoms with Gasteiger partial charge in [0.05, 0.1) is 0 Å². The number of aromatic nitrogens is 1. The second-order valence-corrected chi connectivity index (χ2v) is 3.51. The summed E-state index contributed by atoms with van der Waals surface area (Å²) in [6, 6.07) is 4.00. The molecule has 13 heavy (non-hydrogen) atoms. The van der Waals surface area contributed by atoms with Crippen LogP contribution in [0.1, 0.15) is 31.0 Å². The molecular weight excluding hydrogens is 162 g/mol. The van der Waals surface area contributed by atoms with Crippen LogP contribution in [0.15, 0.2) is 12.1 Å². The van der Waals surface area contributed by atoms with E-state index in [2.05, 4.69) is 30.2 Å². The molecule has 0 aliphatic heterocycles. The molecule has 0 radical (unpaired) electrons. The number of nitrogens with two attached hydrogens (primary N) is 1. The Labute approximate surface area is 79.4 Å². The SMILES string of the molecule is CNCc1cc(N)nc(C(C)C)c1. The molecule has 1 rings (SSSR count). The van der Waals surface area contributed by atoms with Gasteiger partial charge in [-0.1, -0.05) is 13.8 Å². The van der Waals surface area contributed by atoms with Crippen molar-refractivity contribution in [3.05, 3.63) is 23.4 Å². The van der Waals surface area contributed by atoms with Crippen molar-refractivity contribution in [1.82, 2.24) is 10.3 Å². The van der Waals surface area contributed by atoms with Crippen LogP contribution in [0.25, 0.3) is 0 Å². The van der Waals surface area contributed by atoms with Gasteiger partial charge in [-0.25, -0.2) is 4.98 Å². The highest BCUT2D eigenvalue weighted by atomic mass is 14.9. The van der Waals surface area contributed by atoms with Crippen molar-refractivity contribution in [2.45, 2.75) is 26.3 Å². The number of hydrogen-bond acceptors (Lipinski definition) is 3. The molecule has 72 valence electrons. The van der Waals surface area contributed by atoms with Crippen LogP contribution in [-0.2, 0) is 6.54 Å². The molecule has 0 saturated heterocycles. The summed E-state index contributed by atoms with van der Waals surface area (Å²) < 4.78 is 0. The monoisotopic (exact) mass is 179 g/mol. The lowest BCUT2D eigenvalue weighted by molar-refractivity contribution is 0.790. The van der Waals surface area contributed by atoms with Gasteiger partial charge in [-0.3, -0.25) is 0 Å². The Bertz CT molecular complexity index is 281. The standard InChI is InChI=1S/C10H17N3/c1-7(2)9-4-8(6-12-3)5-10(11)13-9/h4-5,7,12H,6H2,1-3H3,(H2,11,13). The van der Waals surface area contributed by atoms with E-state index in [0.29, 0.717) is 11.7 Å². The summed E-state index contributed by atoms with van der Waals surface area (Å²) in [4.78, 5) is 4.27. The predicted molar refractivity (Wildman–Crippen MR) is 55.5 cm³/mol. The van der Waals surface area contributed by atoms with Gasteiger partial charge in [-0.15, -0.1) is 0 Å². The van der Waals surface area contributed by atoms with Crippen molar-refractivity contribution in [2.75, 3.05) is 12.8 Å². The van der Waals surface area contributed by atoms with Crippen LogP contribution in [0.3, 0.4) is 0 Å². The first kappa shape index (κ1) is 9.99. The van der Waals surface area contributed by atoms with Crippen LogP contribution in [0.5, 0.6) is 0 Å². The summed E-state index contributed by atoms with van der Waals surface area (Å²) in [7, 11) is 1.92. The molecule has 0 saturated carbocycles. The molecule has 1 aromatic rings. The highest BCUT2D eigenvalue weighted by Crippen LogP contribution is 2.15. The van der Waals surface area contributed by atoms with Gasteiger partial charge in [0.15, 0.2) is 0 Å². The first-order valence-electron chi connectivity index (χ1n) is 4.54. The topological polar surface area (TPSA) is 50.9 Å². The first-order valence-corrected chi connectivity index (χ1v) is 4.54. The highest BCUT2D eigenvalue weighted by Gasteiger charge is 2.03. The Morgan fingerprint density at radius 2 is 2.15 bits per heavy atom. The summed E-state index contributed by atoms with van der Waals surface area (Å²) in [5.41, 5.74) is 7.94. The minimum absolute atomic E-state index is 0.430. The lowest BCUT2D eigenvalue weighted by Gasteiger charge is -2.08. The van der Waals surface area contributed by atoms with Gasteiger partial charge < -0.3 is 11.1 Å². The van der Waals surface area contributed by atoms with E-state index in [0.717, 1.165) is 12.2 Å².